The van der Waals surface area contributed by atoms with Gasteiger partial charge < -0.3 is 26.8 Å². The van der Waals surface area contributed by atoms with Gasteiger partial charge in [0.25, 0.3) is 0 Å². The van der Waals surface area contributed by atoms with Gasteiger partial charge in [-0.3, -0.25) is 9.59 Å². The van der Waals surface area contributed by atoms with Crippen molar-refractivity contribution in [2.75, 3.05) is 6.54 Å². The zero-order valence-electron chi connectivity index (χ0n) is 10.4. The number of carboxylic acid groups (broad SMARTS) is 1. The highest BCUT2D eigenvalue weighted by atomic mass is 16.4. The van der Waals surface area contributed by atoms with Crippen LogP contribution in [0, 0.1) is 0 Å². The molecule has 1 amide bonds. The molecule has 7 N–H and O–H groups in total. The van der Waals surface area contributed by atoms with E-state index in [1.807, 2.05) is 0 Å². The average molecular weight is 270 g/mol. The molecule has 7 heteroatoms. The first-order chi connectivity index (χ1) is 8.86. The number of benzene rings is 1. The Bertz CT molecular complexity index is 420. The van der Waals surface area contributed by atoms with Gasteiger partial charge in [0.05, 0.1) is 6.42 Å². The summed E-state index contributed by atoms with van der Waals surface area (Å²) >= 11 is 0. The second-order valence-corrected chi connectivity index (χ2v) is 3.72. The summed E-state index contributed by atoms with van der Waals surface area (Å²) in [6.45, 7) is 0.546. The molecule has 0 heterocycles. The van der Waals surface area contributed by atoms with Crippen molar-refractivity contribution in [2.24, 2.45) is 11.5 Å². The summed E-state index contributed by atoms with van der Waals surface area (Å²) in [5.41, 5.74) is 10.9. The first kappa shape index (κ1) is 16.7. The lowest BCUT2D eigenvalue weighted by Gasteiger charge is -2.00. The number of carbonyl (C=O) groups excluding carboxylic acids is 1. The minimum atomic E-state index is -0.996. The van der Waals surface area contributed by atoms with Gasteiger partial charge in [-0.1, -0.05) is 6.07 Å². The van der Waals surface area contributed by atoms with Gasteiger partial charge in [-0.2, -0.15) is 0 Å². The summed E-state index contributed by atoms with van der Waals surface area (Å²) < 4.78 is 0. The molecule has 0 unspecified atom stereocenters. The summed E-state index contributed by atoms with van der Waals surface area (Å²) in [7, 11) is 0. The number of carboxylic acids is 1. The second kappa shape index (κ2) is 8.76. The molecule has 106 valence electrons. The molecule has 0 aliphatic heterocycles. The number of amides is 1. The molecular formula is C12H18N2O5. The van der Waals surface area contributed by atoms with Gasteiger partial charge in [-0.15, -0.1) is 0 Å². The molecule has 1 aromatic rings. The predicted molar refractivity (Wildman–Crippen MR) is 68.6 cm³/mol. The maximum atomic E-state index is 9.86. The number of phenols is 2. The number of nitrogens with two attached hydrogens (primary N) is 2. The number of hydrogen-bond donors (Lipinski definition) is 5. The first-order valence-electron chi connectivity index (χ1n) is 5.57. The van der Waals surface area contributed by atoms with Crippen molar-refractivity contribution in [3.8, 4) is 11.5 Å². The van der Waals surface area contributed by atoms with Gasteiger partial charge in [-0.25, -0.2) is 0 Å². The van der Waals surface area contributed by atoms with Crippen LogP contribution in [-0.2, 0) is 16.0 Å². The Morgan fingerprint density at radius 1 is 1.11 bits per heavy atom. The van der Waals surface area contributed by atoms with E-state index < -0.39 is 11.9 Å². The van der Waals surface area contributed by atoms with Crippen molar-refractivity contribution in [1.82, 2.24) is 0 Å². The van der Waals surface area contributed by atoms with Crippen LogP contribution in [-0.4, -0.2) is 33.7 Å². The van der Waals surface area contributed by atoms with Crippen molar-refractivity contribution >= 4 is 11.9 Å². The van der Waals surface area contributed by atoms with E-state index in [1.54, 1.807) is 6.07 Å². The third-order valence-electron chi connectivity index (χ3n) is 2.06. The number of primary amides is 1. The van der Waals surface area contributed by atoms with Crippen molar-refractivity contribution in [3.63, 3.8) is 0 Å². The van der Waals surface area contributed by atoms with Gasteiger partial charge in [0.15, 0.2) is 11.5 Å². The van der Waals surface area contributed by atoms with Crippen LogP contribution in [0.25, 0.3) is 0 Å². The largest absolute Gasteiger partial charge is 0.504 e. The molecule has 1 aromatic carbocycles. The Labute approximate surface area is 110 Å². The summed E-state index contributed by atoms with van der Waals surface area (Å²) in [6, 6.07) is 4.71. The van der Waals surface area contributed by atoms with Crippen molar-refractivity contribution in [1.29, 1.82) is 0 Å². The number of carbonyl (C=O) groups is 2. The van der Waals surface area contributed by atoms with Crippen molar-refractivity contribution < 1.29 is 24.9 Å². The molecule has 0 aliphatic carbocycles. The Kier molecular flexibility index (Phi) is 7.71. The van der Waals surface area contributed by atoms with Crippen LogP contribution in [0.1, 0.15) is 18.4 Å². The molecule has 0 atom stereocenters. The molecule has 1 rings (SSSR count). The third kappa shape index (κ3) is 8.44. The summed E-state index contributed by atoms with van der Waals surface area (Å²) in [6.07, 6.45) is 0.471. The molecule has 0 saturated heterocycles. The normalized spacial score (nSPS) is 9.32. The standard InChI is InChI=1S/C8H11NO2.C4H7NO3/c9-4-3-6-1-2-7(10)8(11)5-6;5-3(6)1-2-4(7)8/h1-2,5,10-11H,3-4,9H2;1-2H2,(H2,5,6)(H,7,8). The molecule has 0 bridgehead atoms. The Hall–Kier alpha value is -2.28. The van der Waals surface area contributed by atoms with Gasteiger partial charge in [-0.05, 0) is 30.7 Å². The number of aliphatic carboxylic acids is 1. The van der Waals surface area contributed by atoms with E-state index in [2.05, 4.69) is 5.73 Å². The molecule has 19 heavy (non-hydrogen) atoms. The quantitative estimate of drug-likeness (QED) is 0.473. The highest BCUT2D eigenvalue weighted by Gasteiger charge is 1.99. The Balaban J connectivity index is 0.000000362. The zero-order valence-corrected chi connectivity index (χ0v) is 10.4. The van der Waals surface area contributed by atoms with Crippen LogP contribution in [0.15, 0.2) is 18.2 Å². The third-order valence-corrected chi connectivity index (χ3v) is 2.06. The molecular weight excluding hydrogens is 252 g/mol. The zero-order chi connectivity index (χ0) is 14.8. The molecule has 0 aliphatic rings. The Morgan fingerprint density at radius 3 is 2.11 bits per heavy atom. The van der Waals surface area contributed by atoms with Crippen LogP contribution < -0.4 is 11.5 Å². The van der Waals surface area contributed by atoms with E-state index in [4.69, 9.17) is 21.1 Å². The summed E-state index contributed by atoms with van der Waals surface area (Å²) in [4.78, 5) is 19.6. The number of phenolic OH excluding ortho intramolecular Hbond substituents is 2. The average Bonchev–Trinajstić information content (AvgIpc) is 2.32. The molecule has 0 fully saturated rings. The Morgan fingerprint density at radius 2 is 1.74 bits per heavy atom. The van der Waals surface area contributed by atoms with Crippen molar-refractivity contribution in [3.05, 3.63) is 23.8 Å². The maximum absolute atomic E-state index is 9.86. The van der Waals surface area contributed by atoms with Gasteiger partial charge in [0, 0.05) is 6.42 Å². The lowest BCUT2D eigenvalue weighted by molar-refractivity contribution is -0.138. The topological polar surface area (TPSA) is 147 Å². The second-order valence-electron chi connectivity index (χ2n) is 3.72. The highest BCUT2D eigenvalue weighted by Crippen LogP contribution is 2.24. The minimum Gasteiger partial charge on any atom is -0.504 e. The molecule has 7 nitrogen and oxygen atoms in total. The molecule has 0 saturated carbocycles. The monoisotopic (exact) mass is 270 g/mol. The van der Waals surface area contributed by atoms with Crippen molar-refractivity contribution in [2.45, 2.75) is 19.3 Å². The highest BCUT2D eigenvalue weighted by molar-refractivity contribution is 5.79. The lowest BCUT2D eigenvalue weighted by atomic mass is 10.1. The van der Waals surface area contributed by atoms with Crippen LogP contribution >= 0.6 is 0 Å². The first-order valence-corrected chi connectivity index (χ1v) is 5.57. The van der Waals surface area contributed by atoms with Gasteiger partial charge in [0.1, 0.15) is 0 Å². The lowest BCUT2D eigenvalue weighted by Crippen LogP contribution is -2.12. The molecule has 0 aromatic heterocycles. The van der Waals surface area contributed by atoms with Crippen LogP contribution in [0.2, 0.25) is 0 Å². The van der Waals surface area contributed by atoms with E-state index in [-0.39, 0.29) is 24.3 Å². The fourth-order valence-corrected chi connectivity index (χ4v) is 1.12. The van der Waals surface area contributed by atoms with Gasteiger partial charge in [0.2, 0.25) is 5.91 Å². The smallest absolute Gasteiger partial charge is 0.303 e. The molecule has 0 spiro atoms. The van der Waals surface area contributed by atoms with E-state index in [0.29, 0.717) is 13.0 Å². The SMILES string of the molecule is NC(=O)CCC(=O)O.NCCc1ccc(O)c(O)c1. The minimum absolute atomic E-state index is 0.0741. The maximum Gasteiger partial charge on any atom is 0.303 e. The summed E-state index contributed by atoms with van der Waals surface area (Å²) in [5.74, 6) is -1.75. The number of rotatable bonds is 5. The van der Waals surface area contributed by atoms with Crippen LogP contribution in [0.3, 0.4) is 0 Å². The van der Waals surface area contributed by atoms with E-state index in [1.165, 1.54) is 12.1 Å². The van der Waals surface area contributed by atoms with E-state index >= 15 is 0 Å². The van der Waals surface area contributed by atoms with E-state index in [9.17, 15) is 9.59 Å². The van der Waals surface area contributed by atoms with Crippen LogP contribution in [0.4, 0.5) is 0 Å². The fourth-order valence-electron chi connectivity index (χ4n) is 1.12. The number of aromatic hydroxyl groups is 2. The predicted octanol–water partition coefficient (Wildman–Crippen LogP) is -0.0645. The van der Waals surface area contributed by atoms with Crippen LogP contribution in [0.5, 0.6) is 11.5 Å². The summed E-state index contributed by atoms with van der Waals surface area (Å²) in [5, 5.41) is 25.9. The fraction of sp³-hybridized carbons (Fsp3) is 0.333. The van der Waals surface area contributed by atoms with E-state index in [0.717, 1.165) is 5.56 Å². The van der Waals surface area contributed by atoms with Gasteiger partial charge >= 0.3 is 5.97 Å². The number of hydrogen-bond acceptors (Lipinski definition) is 5. The molecule has 0 radical (unpaired) electrons.